The van der Waals surface area contributed by atoms with Crippen LogP contribution in [0.25, 0.3) is 42.5 Å². The van der Waals surface area contributed by atoms with Gasteiger partial charge in [-0.3, -0.25) is 0 Å². The zero-order valence-corrected chi connectivity index (χ0v) is 38.4. The maximum absolute atomic E-state index is 13.3. The summed E-state index contributed by atoms with van der Waals surface area (Å²) in [7, 11) is 0. The van der Waals surface area contributed by atoms with Crippen molar-refractivity contribution in [3.63, 3.8) is 0 Å². The largest absolute Gasteiger partial charge is 0.476 e. The van der Waals surface area contributed by atoms with Crippen LogP contribution in [0.15, 0.2) is 115 Å². The molecule has 69 heavy (non-hydrogen) atoms. The molecule has 0 radical (unpaired) electrons. The van der Waals surface area contributed by atoms with Crippen LogP contribution in [0.2, 0.25) is 0 Å². The Bertz CT molecular complexity index is 3210. The molecule has 0 atom stereocenters. The van der Waals surface area contributed by atoms with Crippen molar-refractivity contribution in [3.05, 3.63) is 143 Å². The summed E-state index contributed by atoms with van der Waals surface area (Å²) in [5.41, 5.74) is 4.03. The monoisotopic (exact) mass is 972 g/mol. The minimum Gasteiger partial charge on any atom is -0.476 e. The van der Waals surface area contributed by atoms with Crippen LogP contribution >= 0.6 is 22.7 Å². The fourth-order valence-corrected chi connectivity index (χ4v) is 9.75. The van der Waals surface area contributed by atoms with Crippen molar-refractivity contribution in [2.75, 3.05) is 42.6 Å². The molecule has 0 spiro atoms. The number of unbranched alkanes of at least 4 members (excludes halogenated alkanes) is 1. The van der Waals surface area contributed by atoms with Crippen molar-refractivity contribution in [2.24, 2.45) is 0 Å². The number of rotatable bonds is 21. The average Bonchev–Trinajstić information content (AvgIpc) is 3.99. The van der Waals surface area contributed by atoms with E-state index in [1.807, 2.05) is 65.6 Å². The molecule has 2 N–H and O–H groups in total. The van der Waals surface area contributed by atoms with E-state index in [1.54, 1.807) is 41.7 Å². The molecule has 0 aliphatic carbocycles. The van der Waals surface area contributed by atoms with E-state index < -0.39 is 23.7 Å². The highest BCUT2D eigenvalue weighted by molar-refractivity contribution is 7.22. The summed E-state index contributed by atoms with van der Waals surface area (Å²) in [5, 5.41) is 21.4. The number of ether oxygens (including phenoxy) is 2. The molecule has 9 rings (SSSR count). The molecular weight excluding hydrogens is 930 g/mol. The molecule has 0 saturated heterocycles. The first-order chi connectivity index (χ1) is 33.4. The number of anilines is 2. The lowest BCUT2D eigenvalue weighted by atomic mass is 10.1. The van der Waals surface area contributed by atoms with Crippen molar-refractivity contribution in [2.45, 2.75) is 44.8 Å². The van der Waals surface area contributed by atoms with E-state index in [0.29, 0.717) is 78.2 Å². The van der Waals surface area contributed by atoms with Gasteiger partial charge in [-0.05, 0) is 104 Å². The van der Waals surface area contributed by atoms with E-state index in [-0.39, 0.29) is 36.4 Å². The number of aromatic carboxylic acids is 2. The highest BCUT2D eigenvalue weighted by atomic mass is 32.1. The van der Waals surface area contributed by atoms with Gasteiger partial charge in [0.1, 0.15) is 0 Å². The fraction of sp³-hybridized carbons (Fsp3) is 0.240. The number of aromatic nitrogens is 6. The second kappa shape index (κ2) is 20.8. The second-order valence-corrected chi connectivity index (χ2v) is 18.1. The zero-order valence-electron chi connectivity index (χ0n) is 36.8. The Morgan fingerprint density at radius 1 is 0.522 bits per heavy atom. The number of thiazole rings is 2. The molecule has 5 aromatic carbocycles. The molecule has 14 nitrogen and oxygen atoms in total. The van der Waals surface area contributed by atoms with Crippen molar-refractivity contribution < 1.29 is 42.4 Å². The molecule has 4 aromatic heterocycles. The minimum absolute atomic E-state index is 0.0220. The summed E-state index contributed by atoms with van der Waals surface area (Å²) in [5.74, 6) is -2.62. The van der Waals surface area contributed by atoms with Crippen molar-refractivity contribution >= 4 is 87.4 Å². The molecule has 0 aliphatic rings. The molecule has 4 heterocycles. The summed E-state index contributed by atoms with van der Waals surface area (Å²) < 4.78 is 53.8. The molecule has 0 unspecified atom stereocenters. The molecule has 0 bridgehead atoms. The summed E-state index contributed by atoms with van der Waals surface area (Å²) in [4.78, 5) is 55.9. The third-order valence-corrected chi connectivity index (χ3v) is 13.4. The van der Waals surface area contributed by atoms with Gasteiger partial charge in [0.2, 0.25) is 23.1 Å². The van der Waals surface area contributed by atoms with E-state index in [9.17, 15) is 33.0 Å². The van der Waals surface area contributed by atoms with Gasteiger partial charge in [-0.1, -0.05) is 77.3 Å². The van der Waals surface area contributed by atoms with Gasteiger partial charge in [0, 0.05) is 26.2 Å². The van der Waals surface area contributed by atoms with Gasteiger partial charge in [-0.2, -0.15) is 13.2 Å². The topological polar surface area (TPSA) is 177 Å². The normalized spacial score (nSPS) is 11.7. The van der Waals surface area contributed by atoms with Crippen LogP contribution in [0.5, 0.6) is 11.8 Å². The predicted octanol–water partition coefficient (Wildman–Crippen LogP) is 11.0. The third-order valence-electron chi connectivity index (χ3n) is 11.2. The van der Waals surface area contributed by atoms with Crippen molar-refractivity contribution in [1.82, 2.24) is 29.9 Å². The number of carbonyl (C=O) groups is 2. The van der Waals surface area contributed by atoms with E-state index >= 15 is 0 Å². The lowest BCUT2D eigenvalue weighted by Gasteiger charge is -2.22. The molecule has 0 saturated carbocycles. The lowest BCUT2D eigenvalue weighted by Crippen LogP contribution is -2.27. The highest BCUT2D eigenvalue weighted by Gasteiger charge is 2.30. The summed E-state index contributed by atoms with van der Waals surface area (Å²) in [6.07, 6.45) is -1.11. The van der Waals surface area contributed by atoms with E-state index in [2.05, 4.69) is 24.8 Å². The summed E-state index contributed by atoms with van der Waals surface area (Å²) in [6, 6.07) is 33.3. The van der Waals surface area contributed by atoms with Crippen LogP contribution in [0, 0.1) is 0 Å². The molecule has 19 heteroatoms. The number of para-hydroxylation sites is 4. The Hall–Kier alpha value is -7.51. The third kappa shape index (κ3) is 11.3. The van der Waals surface area contributed by atoms with Crippen LogP contribution in [0.1, 0.15) is 63.4 Å². The Morgan fingerprint density at radius 2 is 1.00 bits per heavy atom. The van der Waals surface area contributed by atoms with Gasteiger partial charge in [0.25, 0.3) is 0 Å². The first-order valence-corrected chi connectivity index (χ1v) is 23.8. The SMILES string of the molecule is O=C(O)c1nc2ccccc2nc1OCCCN(CCCCc1ccc2nc(C(=O)O)c(OCCCN(Cc3ccc(C(F)(F)F)cc3)c3nc4ccccc4s3)nc2c1)c1nc2ccccc2s1. The smallest absolute Gasteiger partial charge is 0.416 e. The van der Waals surface area contributed by atoms with E-state index in [1.165, 1.54) is 23.5 Å². The number of carboxylic acids is 2. The number of fused-ring (bicyclic) bond motifs is 4. The van der Waals surface area contributed by atoms with Gasteiger partial charge >= 0.3 is 18.1 Å². The Balaban J connectivity index is 0.832. The number of carboxylic acid groups (broad SMARTS) is 2. The standard InChI is InChI=1S/C50H43F3N8O6S2/c51-50(52,53)33-21-18-32(19-22-33)30-61(49-59-38-15-4-6-17-41(38)69-49)26-10-28-67-45-43(47(64)65)55-36-23-20-31(29-39(36)57-45)11-7-8-24-60(48-58-37-14-3-5-16-40(37)68-48)25-9-27-66-44-42(46(62)63)54-34-12-1-2-13-35(34)56-44/h1-6,12-23,29H,7-11,24-28,30H2,(H,62,63)(H,64,65). The van der Waals surface area contributed by atoms with Crippen molar-refractivity contribution in [1.29, 1.82) is 0 Å². The summed E-state index contributed by atoms with van der Waals surface area (Å²) >= 11 is 3.08. The zero-order chi connectivity index (χ0) is 47.9. The van der Waals surface area contributed by atoms with Crippen molar-refractivity contribution in [3.8, 4) is 11.8 Å². The number of hydrogen-bond acceptors (Lipinski definition) is 14. The Morgan fingerprint density at radius 3 is 1.57 bits per heavy atom. The number of aryl methyl sites for hydroxylation is 1. The molecule has 0 fully saturated rings. The summed E-state index contributed by atoms with van der Waals surface area (Å²) in [6.45, 7) is 2.31. The maximum Gasteiger partial charge on any atom is 0.416 e. The molecule has 0 aliphatic heterocycles. The number of hydrogen-bond donors (Lipinski definition) is 2. The predicted molar refractivity (Wildman–Crippen MR) is 260 cm³/mol. The van der Waals surface area contributed by atoms with Crippen LogP contribution < -0.4 is 19.3 Å². The minimum atomic E-state index is -4.44. The Kier molecular flexibility index (Phi) is 14.0. The van der Waals surface area contributed by atoms with Gasteiger partial charge < -0.3 is 29.5 Å². The highest BCUT2D eigenvalue weighted by Crippen LogP contribution is 2.33. The average molecular weight is 973 g/mol. The molecular formula is C50H43F3N8O6S2. The van der Waals surface area contributed by atoms with E-state index in [0.717, 1.165) is 56.1 Å². The number of benzene rings is 5. The van der Waals surface area contributed by atoms with Crippen LogP contribution in [0.4, 0.5) is 23.4 Å². The first-order valence-electron chi connectivity index (χ1n) is 22.1. The quantitative estimate of drug-likeness (QED) is 0.0650. The van der Waals surface area contributed by atoms with Crippen LogP contribution in [-0.2, 0) is 19.1 Å². The lowest BCUT2D eigenvalue weighted by molar-refractivity contribution is -0.137. The van der Waals surface area contributed by atoms with E-state index in [4.69, 9.17) is 19.4 Å². The second-order valence-electron chi connectivity index (χ2n) is 16.1. The Labute approximate surface area is 400 Å². The van der Waals surface area contributed by atoms with Gasteiger partial charge in [-0.15, -0.1) is 0 Å². The van der Waals surface area contributed by atoms with Crippen LogP contribution in [0.3, 0.4) is 0 Å². The molecule has 9 aromatic rings. The molecule has 352 valence electrons. The maximum atomic E-state index is 13.3. The first kappa shape index (κ1) is 46.6. The molecule has 0 amide bonds. The fourth-order valence-electron chi connectivity index (χ4n) is 7.74. The van der Waals surface area contributed by atoms with Gasteiger partial charge in [0.15, 0.2) is 10.3 Å². The van der Waals surface area contributed by atoms with Gasteiger partial charge in [0.05, 0.1) is 61.3 Å². The van der Waals surface area contributed by atoms with Gasteiger partial charge in [-0.25, -0.2) is 39.5 Å². The van der Waals surface area contributed by atoms with Crippen LogP contribution in [-0.4, -0.2) is 84.9 Å². The number of alkyl halides is 3. The number of halogens is 3. The number of nitrogens with zero attached hydrogens (tertiary/aromatic N) is 8.